The molecule has 0 heterocycles. The van der Waals surface area contributed by atoms with E-state index < -0.39 is 8.80 Å². The van der Waals surface area contributed by atoms with Crippen LogP contribution in [0.5, 0.6) is 0 Å². The first-order valence-corrected chi connectivity index (χ1v) is 8.23. The average Bonchev–Trinajstić information content (AvgIpc) is 2.46. The Bertz CT molecular complexity index is 233. The molecule has 0 amide bonds. The molecular formula is C13H26O6Si. The van der Waals surface area contributed by atoms with Crippen LogP contribution in [0.3, 0.4) is 0 Å². The van der Waals surface area contributed by atoms with Crippen molar-refractivity contribution < 1.29 is 27.5 Å². The molecule has 0 aliphatic rings. The van der Waals surface area contributed by atoms with Crippen molar-refractivity contribution in [3.8, 4) is 0 Å². The molecule has 0 fully saturated rings. The Balaban J connectivity index is 4.65. The highest BCUT2D eigenvalue weighted by molar-refractivity contribution is 6.66. The lowest BCUT2D eigenvalue weighted by Crippen LogP contribution is -2.46. The zero-order valence-electron chi connectivity index (χ0n) is 12.6. The molecule has 0 aliphatic carbocycles. The molecule has 0 aromatic carbocycles. The first kappa shape index (κ1) is 19.5. The monoisotopic (exact) mass is 306 g/mol. The Kier molecular flexibility index (Phi) is 13.1. The predicted octanol–water partition coefficient (Wildman–Crippen LogP) is 1.20. The minimum atomic E-state index is -2.92. The van der Waals surface area contributed by atoms with Gasteiger partial charge in [0, 0.05) is 21.3 Å². The van der Waals surface area contributed by atoms with Crippen LogP contribution in [0, 0.1) is 0 Å². The molecule has 118 valence electrons. The summed E-state index contributed by atoms with van der Waals surface area (Å²) in [5, 5.41) is 0. The van der Waals surface area contributed by atoms with Gasteiger partial charge < -0.3 is 27.5 Å². The van der Waals surface area contributed by atoms with Crippen LogP contribution < -0.4 is 0 Å². The Morgan fingerprint density at radius 2 is 1.15 bits per heavy atom. The third kappa shape index (κ3) is 9.37. The van der Waals surface area contributed by atoms with Crippen molar-refractivity contribution in [2.45, 2.75) is 0 Å². The van der Waals surface area contributed by atoms with Gasteiger partial charge in [0.2, 0.25) is 0 Å². The molecule has 0 radical (unpaired) electrons. The summed E-state index contributed by atoms with van der Waals surface area (Å²) in [6.45, 7) is 6.24. The van der Waals surface area contributed by atoms with Gasteiger partial charge in [-0.05, 0) is 5.70 Å². The average molecular weight is 306 g/mol. The maximum absolute atomic E-state index is 5.79. The number of ether oxygens (including phenoxy) is 3. The summed E-state index contributed by atoms with van der Waals surface area (Å²) in [6, 6.07) is 0. The van der Waals surface area contributed by atoms with Gasteiger partial charge in [0.1, 0.15) is 0 Å². The van der Waals surface area contributed by atoms with E-state index in [1.807, 2.05) is 0 Å². The molecule has 0 spiro atoms. The van der Waals surface area contributed by atoms with Gasteiger partial charge in [0.25, 0.3) is 0 Å². The summed E-state index contributed by atoms with van der Waals surface area (Å²) in [5.41, 5.74) is 1.79. The Morgan fingerprint density at radius 1 is 0.750 bits per heavy atom. The van der Waals surface area contributed by atoms with E-state index in [0.29, 0.717) is 39.6 Å². The Hall–Kier alpha value is -0.543. The molecule has 7 heteroatoms. The number of hydrogen-bond acceptors (Lipinski definition) is 6. The third-order valence-electron chi connectivity index (χ3n) is 2.21. The van der Waals surface area contributed by atoms with Crippen molar-refractivity contribution in [3.63, 3.8) is 0 Å². The highest BCUT2D eigenvalue weighted by Crippen LogP contribution is 2.12. The number of rotatable bonds is 14. The summed E-state index contributed by atoms with van der Waals surface area (Å²) >= 11 is 0. The van der Waals surface area contributed by atoms with E-state index >= 15 is 0 Å². The fourth-order valence-electron chi connectivity index (χ4n) is 1.26. The summed E-state index contributed by atoms with van der Waals surface area (Å²) < 4.78 is 32.3. The van der Waals surface area contributed by atoms with E-state index in [1.165, 1.54) is 0 Å². The molecule has 0 aromatic heterocycles. The number of allylic oxidation sites excluding steroid dienone is 2. The highest BCUT2D eigenvalue weighted by Gasteiger charge is 2.38. The fourth-order valence-corrected chi connectivity index (χ4v) is 3.27. The SMILES string of the molecule is C=CC=C[Si](OCCOC)(OCCOC)OCCOC. The van der Waals surface area contributed by atoms with Crippen LogP contribution in [0.4, 0.5) is 0 Å². The smallest absolute Gasteiger partial charge is 0.382 e. The normalized spacial score (nSPS) is 12.2. The summed E-state index contributed by atoms with van der Waals surface area (Å²) in [5.74, 6) is 0. The zero-order valence-corrected chi connectivity index (χ0v) is 13.6. The molecule has 0 unspecified atom stereocenters. The van der Waals surface area contributed by atoms with Crippen LogP contribution in [-0.4, -0.2) is 69.8 Å². The molecule has 0 saturated heterocycles. The zero-order chi connectivity index (χ0) is 15.1. The van der Waals surface area contributed by atoms with Gasteiger partial charge in [0.15, 0.2) is 0 Å². The van der Waals surface area contributed by atoms with E-state index in [-0.39, 0.29) is 0 Å². The lowest BCUT2D eigenvalue weighted by molar-refractivity contribution is 0.0232. The molecule has 20 heavy (non-hydrogen) atoms. The molecule has 0 aromatic rings. The quantitative estimate of drug-likeness (QED) is 0.273. The van der Waals surface area contributed by atoms with E-state index in [2.05, 4.69) is 6.58 Å². The second-order valence-corrected chi connectivity index (χ2v) is 6.13. The molecule has 0 aliphatic heterocycles. The number of hydrogen-bond donors (Lipinski definition) is 0. The van der Waals surface area contributed by atoms with E-state index in [4.69, 9.17) is 27.5 Å². The third-order valence-corrected chi connectivity index (χ3v) is 4.63. The van der Waals surface area contributed by atoms with Gasteiger partial charge in [-0.2, -0.15) is 0 Å². The molecule has 0 N–H and O–H groups in total. The maximum atomic E-state index is 5.79. The Morgan fingerprint density at radius 3 is 1.45 bits per heavy atom. The standard InChI is InChI=1S/C13H26O6Si/c1-5-6-13-20(17-10-7-14-2,18-11-8-15-3)19-12-9-16-4/h5-6,13H,1,7-12H2,2-4H3. The fraction of sp³-hybridized carbons (Fsp3) is 0.692. The molecule has 0 rings (SSSR count). The van der Waals surface area contributed by atoms with Gasteiger partial charge in [0.05, 0.1) is 39.6 Å². The van der Waals surface area contributed by atoms with Gasteiger partial charge in [-0.25, -0.2) is 0 Å². The van der Waals surface area contributed by atoms with Crippen LogP contribution in [0.1, 0.15) is 0 Å². The Labute approximate surface area is 122 Å². The lowest BCUT2D eigenvalue weighted by Gasteiger charge is -2.26. The van der Waals surface area contributed by atoms with Crippen molar-refractivity contribution in [1.29, 1.82) is 0 Å². The van der Waals surface area contributed by atoms with Crippen LogP contribution in [0.15, 0.2) is 24.4 Å². The van der Waals surface area contributed by atoms with Crippen molar-refractivity contribution in [3.05, 3.63) is 24.4 Å². The molecule has 0 atom stereocenters. The van der Waals surface area contributed by atoms with Crippen LogP contribution in [-0.2, 0) is 27.5 Å². The van der Waals surface area contributed by atoms with Crippen molar-refractivity contribution >= 4 is 8.80 Å². The summed E-state index contributed by atoms with van der Waals surface area (Å²) in [7, 11) is 1.92. The first-order chi connectivity index (χ1) is 9.74. The highest BCUT2D eigenvalue weighted by atomic mass is 28.4. The first-order valence-electron chi connectivity index (χ1n) is 6.43. The van der Waals surface area contributed by atoms with E-state index in [0.717, 1.165) is 0 Å². The van der Waals surface area contributed by atoms with E-state index in [1.54, 1.807) is 39.2 Å². The van der Waals surface area contributed by atoms with Gasteiger partial charge in [-0.15, -0.1) is 0 Å². The van der Waals surface area contributed by atoms with Gasteiger partial charge >= 0.3 is 8.80 Å². The molecule has 0 saturated carbocycles. The van der Waals surface area contributed by atoms with Crippen LogP contribution >= 0.6 is 0 Å². The molecular weight excluding hydrogens is 280 g/mol. The maximum Gasteiger partial charge on any atom is 0.529 e. The second kappa shape index (κ2) is 13.4. The van der Waals surface area contributed by atoms with Crippen LogP contribution in [0.25, 0.3) is 0 Å². The van der Waals surface area contributed by atoms with Crippen molar-refractivity contribution in [2.75, 3.05) is 61.0 Å². The summed E-state index contributed by atoms with van der Waals surface area (Å²) in [6.07, 6.45) is 3.42. The van der Waals surface area contributed by atoms with Gasteiger partial charge in [-0.1, -0.05) is 18.7 Å². The second-order valence-electron chi connectivity index (χ2n) is 3.72. The van der Waals surface area contributed by atoms with Crippen molar-refractivity contribution in [1.82, 2.24) is 0 Å². The topological polar surface area (TPSA) is 55.4 Å². The molecule has 6 nitrogen and oxygen atoms in total. The minimum absolute atomic E-state index is 0.393. The van der Waals surface area contributed by atoms with Crippen LogP contribution in [0.2, 0.25) is 0 Å². The predicted molar refractivity (Wildman–Crippen MR) is 78.6 cm³/mol. The minimum Gasteiger partial charge on any atom is -0.382 e. The lowest BCUT2D eigenvalue weighted by atomic mass is 10.6. The summed E-state index contributed by atoms with van der Waals surface area (Å²) in [4.78, 5) is 0. The number of methoxy groups -OCH3 is 3. The van der Waals surface area contributed by atoms with Gasteiger partial charge in [-0.3, -0.25) is 0 Å². The van der Waals surface area contributed by atoms with Crippen molar-refractivity contribution in [2.24, 2.45) is 0 Å². The molecule has 0 bridgehead atoms. The van der Waals surface area contributed by atoms with E-state index in [9.17, 15) is 0 Å². The largest absolute Gasteiger partial charge is 0.529 e.